The summed E-state index contributed by atoms with van der Waals surface area (Å²) in [5.74, 6) is -0.360. The van der Waals surface area contributed by atoms with Crippen LogP contribution in [0.4, 0.5) is 0 Å². The van der Waals surface area contributed by atoms with Gasteiger partial charge in [-0.15, -0.1) is 18.4 Å². The van der Waals surface area contributed by atoms with Crippen molar-refractivity contribution >= 4 is 27.5 Å². The normalized spacial score (nSPS) is 9.67. The quantitative estimate of drug-likeness (QED) is 0.735. The van der Waals surface area contributed by atoms with E-state index in [0.29, 0.717) is 10.4 Å². The summed E-state index contributed by atoms with van der Waals surface area (Å²) < 4.78 is 0. The van der Waals surface area contributed by atoms with Crippen LogP contribution in [0, 0.1) is 25.2 Å². The van der Waals surface area contributed by atoms with Crippen LogP contribution in [0.25, 0.3) is 15.5 Å². The fourth-order valence-electron chi connectivity index (χ4n) is 1.80. The Hall–Kier alpha value is -0.125. The topological polar surface area (TPSA) is 67.8 Å². The number of nitriles is 1. The third-order valence-electron chi connectivity index (χ3n) is 2.50. The third-order valence-corrected chi connectivity index (χ3v) is 3.57. The van der Waals surface area contributed by atoms with Crippen molar-refractivity contribution in [2.75, 3.05) is 7.05 Å². The summed E-state index contributed by atoms with van der Waals surface area (Å²) in [4.78, 5) is 17.1. The molecule has 4 nitrogen and oxygen atoms in total. The molecular weight excluding hydrogens is 320 g/mol. The minimum absolute atomic E-state index is 0. The van der Waals surface area contributed by atoms with Gasteiger partial charge >= 0.3 is 58.2 Å². The van der Waals surface area contributed by atoms with Crippen LogP contribution in [0.3, 0.4) is 0 Å². The molecule has 0 N–H and O–H groups in total. The first kappa shape index (κ1) is 15.9. The van der Waals surface area contributed by atoms with Crippen molar-refractivity contribution < 1.29 is 63.0 Å². The Morgan fingerprint density at radius 2 is 2.17 bits per heavy atom. The van der Waals surface area contributed by atoms with Crippen molar-refractivity contribution in [1.82, 2.24) is 4.98 Å². The molecule has 18 heavy (non-hydrogen) atoms. The van der Waals surface area contributed by atoms with Crippen molar-refractivity contribution in [3.63, 3.8) is 0 Å². The summed E-state index contributed by atoms with van der Waals surface area (Å²) in [6.07, 6.45) is 0. The molecule has 2 heterocycles. The van der Waals surface area contributed by atoms with Crippen molar-refractivity contribution in [1.29, 1.82) is 5.26 Å². The second-order valence-corrected chi connectivity index (χ2v) is 4.71. The van der Waals surface area contributed by atoms with Crippen molar-refractivity contribution in [2.45, 2.75) is 13.8 Å². The second-order valence-electron chi connectivity index (χ2n) is 3.71. The summed E-state index contributed by atoms with van der Waals surface area (Å²) in [6, 6.07) is 3.99. The molecule has 0 saturated heterocycles. The monoisotopic (exact) mass is 329 g/mol. The van der Waals surface area contributed by atoms with Gasteiger partial charge in [-0.3, -0.25) is 0 Å². The van der Waals surface area contributed by atoms with Crippen LogP contribution in [-0.2, 0) is 0 Å². The van der Waals surface area contributed by atoms with Gasteiger partial charge in [0.2, 0.25) is 0 Å². The predicted octanol–water partition coefficient (Wildman–Crippen LogP) is -0.0675. The van der Waals surface area contributed by atoms with Gasteiger partial charge in [0.05, 0.1) is 16.3 Å². The molecule has 0 aliphatic rings. The van der Waals surface area contributed by atoms with Gasteiger partial charge in [0.1, 0.15) is 10.9 Å². The molecule has 0 unspecified atom stereocenters. The number of thiophene rings is 1. The Balaban J connectivity index is 0.00000162. The largest absolute Gasteiger partial charge is 1.00 e. The van der Waals surface area contributed by atoms with Crippen LogP contribution in [0.2, 0.25) is 0 Å². The molecule has 0 radical (unpaired) electrons. The maximum absolute atomic E-state index is 11.6. The zero-order chi connectivity index (χ0) is 12.6. The fraction of sp³-hybridized carbons (Fsp3) is 0.250. The molecule has 0 aliphatic carbocycles. The molecule has 2 rings (SSSR count). The first-order valence-electron chi connectivity index (χ1n) is 5.03. The molecule has 0 fully saturated rings. The Morgan fingerprint density at radius 3 is 2.72 bits per heavy atom. The molecule has 0 atom stereocenters. The number of rotatable bonds is 1. The Kier molecular flexibility index (Phi) is 5.62. The zero-order valence-electron chi connectivity index (χ0n) is 10.7. The number of aryl methyl sites for hydroxylation is 2. The molecule has 6 heteroatoms. The van der Waals surface area contributed by atoms with Gasteiger partial charge in [-0.25, -0.2) is 4.98 Å². The number of carbonyl (C=O) groups is 1. The van der Waals surface area contributed by atoms with Crippen LogP contribution in [0.15, 0.2) is 6.07 Å². The van der Waals surface area contributed by atoms with Crippen LogP contribution in [0.5, 0.6) is 0 Å². The number of amides is 1. The standard InChI is InChI=1S/C12H11N3OS.Rb/c1-6-4-7(2)15-12-9(6)8(5-13)10(17-12)11(16)14-3;/h4H,1-3H3,(H,14,16);/q;+1/p-1. The summed E-state index contributed by atoms with van der Waals surface area (Å²) in [5.41, 5.74) is 2.24. The molecule has 0 aromatic carbocycles. The number of hydrogen-bond donors (Lipinski definition) is 0. The Morgan fingerprint density at radius 1 is 1.50 bits per heavy atom. The maximum Gasteiger partial charge on any atom is 1.00 e. The van der Waals surface area contributed by atoms with Crippen molar-refractivity contribution in [2.24, 2.45) is 0 Å². The molecule has 0 saturated carbocycles. The van der Waals surface area contributed by atoms with E-state index in [4.69, 9.17) is 0 Å². The smallest absolute Gasteiger partial charge is 0.651 e. The van der Waals surface area contributed by atoms with E-state index in [9.17, 15) is 10.1 Å². The molecule has 86 valence electrons. The maximum atomic E-state index is 11.6. The average Bonchev–Trinajstić information content (AvgIpc) is 2.66. The van der Waals surface area contributed by atoms with E-state index in [1.165, 1.54) is 18.4 Å². The van der Waals surface area contributed by atoms with Gasteiger partial charge in [0, 0.05) is 11.1 Å². The summed E-state index contributed by atoms with van der Waals surface area (Å²) >= 11 is 1.23. The number of carbonyl (C=O) groups excluding carboxylic acids is 1. The number of aromatic nitrogens is 1. The van der Waals surface area contributed by atoms with E-state index in [1.54, 1.807) is 0 Å². The van der Waals surface area contributed by atoms with E-state index < -0.39 is 0 Å². The zero-order valence-corrected chi connectivity index (χ0v) is 16.5. The van der Waals surface area contributed by atoms with Gasteiger partial charge in [-0.05, 0) is 25.5 Å². The van der Waals surface area contributed by atoms with Gasteiger partial charge in [-0.2, -0.15) is 5.26 Å². The van der Waals surface area contributed by atoms with E-state index >= 15 is 0 Å². The van der Waals surface area contributed by atoms with E-state index in [0.717, 1.165) is 21.5 Å². The SMILES string of the molecule is C[N-]C(=O)c1sc2nc(C)cc(C)c2c1C#N.[Rb+]. The minimum atomic E-state index is -0.360. The summed E-state index contributed by atoms with van der Waals surface area (Å²) in [7, 11) is 1.43. The number of hydrogen-bond acceptors (Lipinski definition) is 4. The molecule has 0 spiro atoms. The molecule has 1 amide bonds. The third kappa shape index (κ3) is 2.73. The van der Waals surface area contributed by atoms with E-state index in [2.05, 4.69) is 16.4 Å². The second kappa shape index (κ2) is 6.35. The van der Waals surface area contributed by atoms with Crippen molar-refractivity contribution in [3.05, 3.63) is 33.1 Å². The van der Waals surface area contributed by atoms with Gasteiger partial charge in [0.25, 0.3) is 0 Å². The van der Waals surface area contributed by atoms with E-state index in [1.807, 2.05) is 19.9 Å². The van der Waals surface area contributed by atoms with Gasteiger partial charge < -0.3 is 10.1 Å². The predicted molar refractivity (Wildman–Crippen MR) is 67.4 cm³/mol. The molecule has 2 aromatic heterocycles. The summed E-state index contributed by atoms with van der Waals surface area (Å²) in [5, 5.41) is 13.6. The molecule has 2 aromatic rings. The van der Waals surface area contributed by atoms with E-state index in [-0.39, 0.29) is 64.1 Å². The van der Waals surface area contributed by atoms with Gasteiger partial charge in [-0.1, -0.05) is 0 Å². The van der Waals surface area contributed by atoms with Crippen LogP contribution in [-0.4, -0.2) is 17.9 Å². The number of nitrogens with zero attached hydrogens (tertiary/aromatic N) is 3. The van der Waals surface area contributed by atoms with Crippen molar-refractivity contribution in [3.8, 4) is 6.07 Å². The summed E-state index contributed by atoms with van der Waals surface area (Å²) in [6.45, 7) is 3.81. The first-order chi connectivity index (χ1) is 8.08. The molecule has 0 bridgehead atoms. The Bertz CT molecular complexity index is 657. The van der Waals surface area contributed by atoms with Crippen LogP contribution < -0.4 is 58.2 Å². The van der Waals surface area contributed by atoms with Crippen LogP contribution >= 0.6 is 11.3 Å². The first-order valence-corrected chi connectivity index (χ1v) is 5.85. The number of fused-ring (bicyclic) bond motifs is 1. The fourth-order valence-corrected chi connectivity index (χ4v) is 2.98. The average molecular weight is 330 g/mol. The van der Waals surface area contributed by atoms with Gasteiger partial charge in [0.15, 0.2) is 0 Å². The number of pyridine rings is 1. The van der Waals surface area contributed by atoms with Crippen LogP contribution in [0.1, 0.15) is 26.5 Å². The molecular formula is C12H10N3ORbS. The molecule has 0 aliphatic heterocycles. The minimum Gasteiger partial charge on any atom is -0.651 e. The Labute approximate surface area is 158 Å².